The molecule has 0 saturated carbocycles. The van der Waals surface area contributed by atoms with E-state index in [9.17, 15) is 19.7 Å². The Hall–Kier alpha value is -3.52. The molecule has 2 amide bonds. The summed E-state index contributed by atoms with van der Waals surface area (Å²) in [5.41, 5.74) is 1.20. The van der Waals surface area contributed by atoms with Crippen molar-refractivity contribution in [2.75, 3.05) is 31.6 Å². The third-order valence-electron chi connectivity index (χ3n) is 4.22. The zero-order chi connectivity index (χ0) is 19.9. The van der Waals surface area contributed by atoms with E-state index in [-0.39, 0.29) is 11.6 Å². The average molecular weight is 381 g/mol. The molecule has 0 atom stereocenters. The van der Waals surface area contributed by atoms with Crippen LogP contribution < -0.4 is 5.32 Å². The molecule has 1 aliphatic rings. The van der Waals surface area contributed by atoms with Crippen molar-refractivity contribution in [3.8, 4) is 0 Å². The summed E-state index contributed by atoms with van der Waals surface area (Å²) in [6, 6.07) is 12.8. The summed E-state index contributed by atoms with van der Waals surface area (Å²) >= 11 is 0. The number of nitrogens with zero attached hydrogens (tertiary/aromatic N) is 2. The molecule has 0 spiro atoms. The van der Waals surface area contributed by atoms with Gasteiger partial charge in [0.25, 0.3) is 11.6 Å². The summed E-state index contributed by atoms with van der Waals surface area (Å²) in [7, 11) is 0. The SMILES string of the molecule is O=C(/C=C/c1ccccc1[N+](=O)[O-])Nc1cccc(C(=O)N2CCOCC2)c1. The Morgan fingerprint density at radius 2 is 1.86 bits per heavy atom. The van der Waals surface area contributed by atoms with E-state index in [0.717, 1.165) is 0 Å². The van der Waals surface area contributed by atoms with Gasteiger partial charge in [-0.05, 0) is 30.3 Å². The molecule has 0 aliphatic carbocycles. The first kappa shape index (κ1) is 19.2. The number of carbonyl (C=O) groups is 2. The number of anilines is 1. The van der Waals surface area contributed by atoms with Crippen molar-refractivity contribution in [1.82, 2.24) is 4.90 Å². The third kappa shape index (κ3) is 4.80. The Morgan fingerprint density at radius 3 is 2.61 bits per heavy atom. The molecule has 0 bridgehead atoms. The van der Waals surface area contributed by atoms with Gasteiger partial charge in [-0.1, -0.05) is 18.2 Å². The largest absolute Gasteiger partial charge is 0.378 e. The maximum absolute atomic E-state index is 12.5. The number of rotatable bonds is 5. The van der Waals surface area contributed by atoms with Crippen molar-refractivity contribution < 1.29 is 19.2 Å². The second kappa shape index (κ2) is 8.92. The Labute approximate surface area is 161 Å². The topological polar surface area (TPSA) is 102 Å². The normalized spacial score (nSPS) is 14.1. The quantitative estimate of drug-likeness (QED) is 0.487. The van der Waals surface area contributed by atoms with Gasteiger partial charge < -0.3 is 15.0 Å². The molecule has 3 rings (SSSR count). The van der Waals surface area contributed by atoms with E-state index < -0.39 is 10.8 Å². The highest BCUT2D eigenvalue weighted by Gasteiger charge is 2.18. The van der Waals surface area contributed by atoms with Crippen molar-refractivity contribution in [3.63, 3.8) is 0 Å². The van der Waals surface area contributed by atoms with Crippen LogP contribution in [0.4, 0.5) is 11.4 Å². The summed E-state index contributed by atoms with van der Waals surface area (Å²) in [5.74, 6) is -0.566. The third-order valence-corrected chi connectivity index (χ3v) is 4.22. The molecule has 1 saturated heterocycles. The first-order valence-corrected chi connectivity index (χ1v) is 8.74. The summed E-state index contributed by atoms with van der Waals surface area (Å²) in [6.45, 7) is 2.10. The van der Waals surface area contributed by atoms with E-state index in [1.807, 2.05) is 0 Å². The number of carbonyl (C=O) groups excluding carboxylic acids is 2. The Balaban J connectivity index is 1.68. The molecule has 1 fully saturated rings. The van der Waals surface area contributed by atoms with Gasteiger partial charge in [-0.15, -0.1) is 0 Å². The van der Waals surface area contributed by atoms with Crippen molar-refractivity contribution >= 4 is 29.3 Å². The molecule has 0 unspecified atom stereocenters. The van der Waals surface area contributed by atoms with Crippen LogP contribution in [-0.4, -0.2) is 47.9 Å². The number of para-hydroxylation sites is 1. The zero-order valence-corrected chi connectivity index (χ0v) is 15.0. The van der Waals surface area contributed by atoms with E-state index in [2.05, 4.69) is 5.32 Å². The number of hydrogen-bond donors (Lipinski definition) is 1. The fraction of sp³-hybridized carbons (Fsp3) is 0.200. The number of amides is 2. The fourth-order valence-electron chi connectivity index (χ4n) is 2.82. The van der Waals surface area contributed by atoms with E-state index in [4.69, 9.17) is 4.74 Å². The second-order valence-corrected chi connectivity index (χ2v) is 6.12. The number of hydrogen-bond acceptors (Lipinski definition) is 5. The highest BCUT2D eigenvalue weighted by Crippen LogP contribution is 2.19. The van der Waals surface area contributed by atoms with E-state index >= 15 is 0 Å². The standard InChI is InChI=1S/C20H19N3O5/c24-19(9-8-15-4-1-2-7-18(15)23(26)27)21-17-6-3-5-16(14-17)20(25)22-10-12-28-13-11-22/h1-9,14H,10-13H2,(H,21,24)/b9-8+. The molecule has 1 aliphatic heterocycles. The number of ether oxygens (including phenoxy) is 1. The Bertz CT molecular complexity index is 920. The van der Waals surface area contributed by atoms with Gasteiger partial charge in [-0.3, -0.25) is 19.7 Å². The maximum Gasteiger partial charge on any atom is 0.276 e. The smallest absolute Gasteiger partial charge is 0.276 e. The van der Waals surface area contributed by atoms with Crippen molar-refractivity contribution in [3.05, 3.63) is 75.8 Å². The van der Waals surface area contributed by atoms with E-state index in [1.54, 1.807) is 47.4 Å². The average Bonchev–Trinajstić information content (AvgIpc) is 2.72. The van der Waals surface area contributed by atoms with Gasteiger partial charge >= 0.3 is 0 Å². The van der Waals surface area contributed by atoms with Crippen LogP contribution in [0, 0.1) is 10.1 Å². The predicted octanol–water partition coefficient (Wildman–Crippen LogP) is 2.72. The van der Waals surface area contributed by atoms with Gasteiger partial charge in [0.2, 0.25) is 5.91 Å². The lowest BCUT2D eigenvalue weighted by atomic mass is 10.1. The van der Waals surface area contributed by atoms with Gasteiger partial charge in [0.1, 0.15) is 0 Å². The lowest BCUT2D eigenvalue weighted by Gasteiger charge is -2.27. The number of nitro benzene ring substituents is 1. The van der Waals surface area contributed by atoms with Gasteiger partial charge in [-0.2, -0.15) is 0 Å². The zero-order valence-electron chi connectivity index (χ0n) is 15.0. The van der Waals surface area contributed by atoms with Gasteiger partial charge in [0.15, 0.2) is 0 Å². The minimum atomic E-state index is -0.502. The molecule has 2 aromatic carbocycles. The van der Waals surface area contributed by atoms with Crippen LogP contribution in [0.5, 0.6) is 0 Å². The van der Waals surface area contributed by atoms with E-state index in [1.165, 1.54) is 18.2 Å². The van der Waals surface area contributed by atoms with Crippen LogP contribution >= 0.6 is 0 Å². The first-order valence-electron chi connectivity index (χ1n) is 8.74. The van der Waals surface area contributed by atoms with Crippen LogP contribution in [0.25, 0.3) is 6.08 Å². The molecule has 0 radical (unpaired) electrons. The van der Waals surface area contributed by atoms with Gasteiger partial charge in [0.05, 0.1) is 23.7 Å². The molecule has 8 nitrogen and oxygen atoms in total. The monoisotopic (exact) mass is 381 g/mol. The van der Waals surface area contributed by atoms with Gasteiger partial charge in [-0.25, -0.2) is 0 Å². The first-order chi connectivity index (χ1) is 13.5. The minimum absolute atomic E-state index is 0.0790. The lowest BCUT2D eigenvalue weighted by Crippen LogP contribution is -2.40. The van der Waals surface area contributed by atoms with Crippen LogP contribution in [0.2, 0.25) is 0 Å². The number of morpholine rings is 1. The molecule has 8 heteroatoms. The Morgan fingerprint density at radius 1 is 1.11 bits per heavy atom. The maximum atomic E-state index is 12.5. The second-order valence-electron chi connectivity index (χ2n) is 6.12. The molecule has 144 valence electrons. The highest BCUT2D eigenvalue weighted by molar-refractivity contribution is 6.03. The summed E-state index contributed by atoms with van der Waals surface area (Å²) in [4.78, 5) is 36.9. The van der Waals surface area contributed by atoms with Gasteiger partial charge in [0, 0.05) is 36.5 Å². The number of nitrogens with one attached hydrogen (secondary N) is 1. The molecule has 1 heterocycles. The Kier molecular flexibility index (Phi) is 6.13. The highest BCUT2D eigenvalue weighted by atomic mass is 16.6. The van der Waals surface area contributed by atoms with Crippen LogP contribution in [0.1, 0.15) is 15.9 Å². The van der Waals surface area contributed by atoms with Crippen molar-refractivity contribution in [2.45, 2.75) is 0 Å². The molecular formula is C20H19N3O5. The molecule has 1 N–H and O–H groups in total. The fourth-order valence-corrected chi connectivity index (χ4v) is 2.82. The van der Waals surface area contributed by atoms with Crippen LogP contribution in [0.15, 0.2) is 54.6 Å². The summed E-state index contributed by atoms with van der Waals surface area (Å²) in [6.07, 6.45) is 2.61. The van der Waals surface area contributed by atoms with Crippen molar-refractivity contribution in [1.29, 1.82) is 0 Å². The lowest BCUT2D eigenvalue weighted by molar-refractivity contribution is -0.385. The summed E-state index contributed by atoms with van der Waals surface area (Å²) < 4.78 is 5.25. The van der Waals surface area contributed by atoms with Crippen LogP contribution in [-0.2, 0) is 9.53 Å². The number of benzene rings is 2. The molecule has 28 heavy (non-hydrogen) atoms. The minimum Gasteiger partial charge on any atom is -0.378 e. The van der Waals surface area contributed by atoms with Crippen molar-refractivity contribution in [2.24, 2.45) is 0 Å². The molecule has 2 aromatic rings. The number of nitro groups is 1. The van der Waals surface area contributed by atoms with E-state index in [0.29, 0.717) is 43.1 Å². The van der Waals surface area contributed by atoms with Crippen LogP contribution in [0.3, 0.4) is 0 Å². The summed E-state index contributed by atoms with van der Waals surface area (Å²) in [5, 5.41) is 13.7. The molecular weight excluding hydrogens is 362 g/mol. The molecule has 0 aromatic heterocycles. The predicted molar refractivity (Wildman–Crippen MR) is 104 cm³/mol.